The van der Waals surface area contributed by atoms with Crippen LogP contribution in [0.5, 0.6) is 0 Å². The number of esters is 1. The molecule has 0 aliphatic carbocycles. The van der Waals surface area contributed by atoms with Crippen molar-refractivity contribution in [2.24, 2.45) is 0 Å². The molecule has 2 rings (SSSR count). The van der Waals surface area contributed by atoms with Crippen LogP contribution in [0.3, 0.4) is 0 Å². The second-order valence-electron chi connectivity index (χ2n) is 4.62. The molecule has 4 heteroatoms. The fraction of sp³-hybridized carbons (Fsp3) is 0.917. The van der Waals surface area contributed by atoms with Crippen molar-refractivity contribution in [3.8, 4) is 0 Å². The Kier molecular flexibility index (Phi) is 4.18. The lowest BCUT2D eigenvalue weighted by Crippen LogP contribution is -2.52. The summed E-state index contributed by atoms with van der Waals surface area (Å²) in [6.45, 7) is 2.69. The highest BCUT2D eigenvalue weighted by Crippen LogP contribution is 2.25. The molecule has 0 aromatic heterocycles. The van der Waals surface area contributed by atoms with Crippen LogP contribution in [0, 0.1) is 0 Å². The van der Waals surface area contributed by atoms with E-state index < -0.39 is 0 Å². The molecule has 0 spiro atoms. The molecule has 2 heterocycles. The number of nitrogens with zero attached hydrogens (tertiary/aromatic N) is 1. The van der Waals surface area contributed by atoms with Crippen LogP contribution >= 0.6 is 0 Å². The van der Waals surface area contributed by atoms with E-state index in [0.717, 1.165) is 45.4 Å². The van der Waals surface area contributed by atoms with E-state index in [1.165, 1.54) is 13.5 Å². The average molecular weight is 227 g/mol. The third kappa shape index (κ3) is 2.55. The molecule has 16 heavy (non-hydrogen) atoms. The molecule has 2 fully saturated rings. The quantitative estimate of drug-likeness (QED) is 0.664. The van der Waals surface area contributed by atoms with Crippen LogP contribution in [0.1, 0.15) is 32.1 Å². The molecule has 2 aliphatic rings. The van der Waals surface area contributed by atoms with Gasteiger partial charge in [0.05, 0.1) is 7.11 Å². The molecule has 0 bridgehead atoms. The van der Waals surface area contributed by atoms with Crippen molar-refractivity contribution in [3.05, 3.63) is 0 Å². The first kappa shape index (κ1) is 11.9. The summed E-state index contributed by atoms with van der Waals surface area (Å²) in [7, 11) is 1.49. The zero-order chi connectivity index (χ0) is 11.4. The van der Waals surface area contributed by atoms with Gasteiger partial charge in [-0.3, -0.25) is 9.69 Å². The van der Waals surface area contributed by atoms with Gasteiger partial charge in [0.1, 0.15) is 6.04 Å². The predicted octanol–water partition coefficient (Wildman–Crippen LogP) is 1.19. The number of rotatable bonds is 2. The minimum Gasteiger partial charge on any atom is -0.468 e. The number of hydrogen-bond donors (Lipinski definition) is 0. The maximum absolute atomic E-state index is 11.7. The Morgan fingerprint density at radius 3 is 2.69 bits per heavy atom. The highest BCUT2D eigenvalue weighted by molar-refractivity contribution is 5.75. The molecule has 1 atom stereocenters. The van der Waals surface area contributed by atoms with Crippen molar-refractivity contribution in [2.45, 2.75) is 44.2 Å². The summed E-state index contributed by atoms with van der Waals surface area (Å²) in [6, 6.07) is 0.500. The van der Waals surface area contributed by atoms with Crippen molar-refractivity contribution < 1.29 is 14.3 Å². The molecule has 0 aromatic carbocycles. The van der Waals surface area contributed by atoms with Crippen LogP contribution < -0.4 is 0 Å². The second kappa shape index (κ2) is 5.64. The molecule has 92 valence electrons. The lowest BCUT2D eigenvalue weighted by Gasteiger charge is -2.41. The van der Waals surface area contributed by atoms with Crippen molar-refractivity contribution in [2.75, 3.05) is 26.9 Å². The van der Waals surface area contributed by atoms with Crippen molar-refractivity contribution in [1.29, 1.82) is 0 Å². The zero-order valence-corrected chi connectivity index (χ0v) is 9.98. The van der Waals surface area contributed by atoms with Crippen molar-refractivity contribution >= 4 is 5.97 Å². The summed E-state index contributed by atoms with van der Waals surface area (Å²) >= 11 is 0. The van der Waals surface area contributed by atoms with Gasteiger partial charge in [0, 0.05) is 19.3 Å². The molecule has 2 saturated heterocycles. The summed E-state index contributed by atoms with van der Waals surface area (Å²) < 4.78 is 10.3. The molecule has 0 N–H and O–H groups in total. The number of carbonyl (C=O) groups excluding carboxylic acids is 1. The molecule has 0 aromatic rings. The number of piperidine rings is 1. The molecular formula is C12H21NO3. The summed E-state index contributed by atoms with van der Waals surface area (Å²) in [5.41, 5.74) is 0. The Labute approximate surface area is 96.9 Å². The monoisotopic (exact) mass is 227 g/mol. The van der Waals surface area contributed by atoms with E-state index in [-0.39, 0.29) is 12.0 Å². The molecule has 0 radical (unpaired) electrons. The molecule has 0 saturated carbocycles. The molecular weight excluding hydrogens is 206 g/mol. The van der Waals surface area contributed by atoms with Crippen LogP contribution in [0.2, 0.25) is 0 Å². The van der Waals surface area contributed by atoms with Gasteiger partial charge < -0.3 is 9.47 Å². The first-order chi connectivity index (χ1) is 7.83. The molecule has 1 unspecified atom stereocenters. The Hall–Kier alpha value is -0.610. The maximum Gasteiger partial charge on any atom is 0.323 e. The molecule has 2 aliphatic heterocycles. The van der Waals surface area contributed by atoms with Crippen LogP contribution in [-0.4, -0.2) is 49.8 Å². The number of carbonyl (C=O) groups is 1. The molecule has 4 nitrogen and oxygen atoms in total. The lowest BCUT2D eigenvalue weighted by molar-refractivity contribution is -0.150. The Balaban J connectivity index is 2.00. The second-order valence-corrected chi connectivity index (χ2v) is 4.62. The highest BCUT2D eigenvalue weighted by Gasteiger charge is 2.34. The minimum atomic E-state index is -0.0637. The lowest BCUT2D eigenvalue weighted by atomic mass is 9.96. The van der Waals surface area contributed by atoms with Crippen LogP contribution in [0.4, 0.5) is 0 Å². The van der Waals surface area contributed by atoms with E-state index in [4.69, 9.17) is 9.47 Å². The third-order valence-electron chi connectivity index (χ3n) is 3.68. The largest absolute Gasteiger partial charge is 0.468 e. The Bertz CT molecular complexity index is 238. The number of ether oxygens (including phenoxy) is 2. The predicted molar refractivity (Wildman–Crippen MR) is 60.2 cm³/mol. The normalized spacial score (nSPS) is 28.9. The number of methoxy groups -OCH3 is 1. The summed E-state index contributed by atoms with van der Waals surface area (Å²) in [5.74, 6) is -0.0637. The van der Waals surface area contributed by atoms with Crippen LogP contribution in [0.15, 0.2) is 0 Å². The first-order valence-corrected chi connectivity index (χ1v) is 6.24. The van der Waals surface area contributed by atoms with Gasteiger partial charge in [-0.15, -0.1) is 0 Å². The van der Waals surface area contributed by atoms with Gasteiger partial charge in [-0.2, -0.15) is 0 Å². The van der Waals surface area contributed by atoms with Gasteiger partial charge in [-0.05, 0) is 32.2 Å². The third-order valence-corrected chi connectivity index (χ3v) is 3.68. The van der Waals surface area contributed by atoms with Gasteiger partial charge in [0.15, 0.2) is 0 Å². The van der Waals surface area contributed by atoms with E-state index in [0.29, 0.717) is 6.04 Å². The van der Waals surface area contributed by atoms with E-state index in [2.05, 4.69) is 4.90 Å². The van der Waals surface area contributed by atoms with Gasteiger partial charge in [-0.25, -0.2) is 0 Å². The van der Waals surface area contributed by atoms with Gasteiger partial charge in [-0.1, -0.05) is 6.42 Å². The maximum atomic E-state index is 11.7. The smallest absolute Gasteiger partial charge is 0.323 e. The fourth-order valence-electron chi connectivity index (χ4n) is 2.80. The average Bonchev–Trinajstić information content (AvgIpc) is 2.39. The summed E-state index contributed by atoms with van der Waals surface area (Å²) in [4.78, 5) is 14.1. The molecule has 0 amide bonds. The zero-order valence-electron chi connectivity index (χ0n) is 9.98. The van der Waals surface area contributed by atoms with Crippen LogP contribution in [0.25, 0.3) is 0 Å². The van der Waals surface area contributed by atoms with Gasteiger partial charge in [0.2, 0.25) is 0 Å². The van der Waals surface area contributed by atoms with Gasteiger partial charge >= 0.3 is 5.97 Å². The highest BCUT2D eigenvalue weighted by atomic mass is 16.5. The summed E-state index contributed by atoms with van der Waals surface area (Å²) in [5, 5.41) is 0. The number of likely N-dealkylation sites (tertiary alicyclic amines) is 1. The Morgan fingerprint density at radius 1 is 1.25 bits per heavy atom. The van der Waals surface area contributed by atoms with E-state index in [9.17, 15) is 4.79 Å². The van der Waals surface area contributed by atoms with Gasteiger partial charge in [0.25, 0.3) is 0 Å². The summed E-state index contributed by atoms with van der Waals surface area (Å²) in [6.07, 6.45) is 5.38. The van der Waals surface area contributed by atoms with Crippen molar-refractivity contribution in [3.63, 3.8) is 0 Å². The van der Waals surface area contributed by atoms with E-state index in [1.54, 1.807) is 0 Å². The minimum absolute atomic E-state index is 0.0122. The first-order valence-electron chi connectivity index (χ1n) is 6.24. The Morgan fingerprint density at radius 2 is 2.00 bits per heavy atom. The fourth-order valence-corrected chi connectivity index (χ4v) is 2.80. The van der Waals surface area contributed by atoms with E-state index >= 15 is 0 Å². The van der Waals surface area contributed by atoms with Crippen LogP contribution in [-0.2, 0) is 14.3 Å². The van der Waals surface area contributed by atoms with Crippen molar-refractivity contribution in [1.82, 2.24) is 4.90 Å². The SMILES string of the molecule is COC(=O)C1CCCCN1C1CCOCC1. The number of hydrogen-bond acceptors (Lipinski definition) is 4. The topological polar surface area (TPSA) is 38.8 Å². The van der Waals surface area contributed by atoms with E-state index in [1.807, 2.05) is 0 Å². The standard InChI is InChI=1S/C12H21NO3/c1-15-12(14)11-4-2-3-7-13(11)10-5-8-16-9-6-10/h10-11H,2-9H2,1H3.